The lowest BCUT2D eigenvalue weighted by Gasteiger charge is -2.46. The van der Waals surface area contributed by atoms with Gasteiger partial charge in [0.2, 0.25) is 5.91 Å². The molecule has 6 nitrogen and oxygen atoms in total. The van der Waals surface area contributed by atoms with Gasteiger partial charge in [-0.05, 0) is 67.1 Å². The number of nitrogens with two attached hydrogens (primary N) is 1. The molecule has 4 rings (SSSR count). The van der Waals surface area contributed by atoms with E-state index in [0.29, 0.717) is 37.3 Å². The number of likely N-dealkylation sites (tertiary alicyclic amines) is 1. The van der Waals surface area contributed by atoms with Gasteiger partial charge in [-0.3, -0.25) is 9.69 Å². The Bertz CT molecular complexity index is 1110. The molecule has 2 aliphatic rings. The largest absolute Gasteiger partial charge is 0.351 e. The maximum absolute atomic E-state index is 13.7. The first kappa shape index (κ1) is 33.6. The second-order valence-corrected chi connectivity index (χ2v) is 12.6. The maximum Gasteiger partial charge on any atom is 0.314 e. The number of hydrogen-bond acceptors (Lipinski definition) is 3. The maximum atomic E-state index is 13.7. The summed E-state index contributed by atoms with van der Waals surface area (Å²) in [5.74, 6) is 1.66. The quantitative estimate of drug-likeness (QED) is 0.339. The normalized spacial score (nSPS) is 19.7. The van der Waals surface area contributed by atoms with Crippen LogP contribution in [0.4, 0.5) is 4.79 Å². The number of rotatable bonds is 9. The molecule has 2 heterocycles. The number of aryl methyl sites for hydroxylation is 1. The van der Waals surface area contributed by atoms with Gasteiger partial charge in [0.1, 0.15) is 0 Å². The summed E-state index contributed by atoms with van der Waals surface area (Å²) < 4.78 is 0. The number of urea groups is 1. The fourth-order valence-electron chi connectivity index (χ4n) is 6.52. The molecule has 2 aromatic rings. The van der Waals surface area contributed by atoms with Gasteiger partial charge >= 0.3 is 6.03 Å². The molecule has 0 aliphatic carbocycles. The minimum Gasteiger partial charge on any atom is -0.351 e. The van der Waals surface area contributed by atoms with Crippen LogP contribution in [0.15, 0.2) is 48.5 Å². The molecule has 0 aromatic heterocycles. The highest BCUT2D eigenvalue weighted by Crippen LogP contribution is 2.34. The first-order valence-electron chi connectivity index (χ1n) is 16.4. The topological polar surface area (TPSA) is 69.9 Å². The smallest absolute Gasteiger partial charge is 0.314 e. The molecule has 0 bridgehead atoms. The second-order valence-electron chi connectivity index (χ2n) is 12.6. The Balaban J connectivity index is 0.00000237. The zero-order valence-corrected chi connectivity index (χ0v) is 27.3. The molecular weight excluding hydrogens is 520 g/mol. The number of nitrogens with zero attached hydrogens (tertiary/aromatic N) is 3. The van der Waals surface area contributed by atoms with Crippen LogP contribution in [0.3, 0.4) is 0 Å². The van der Waals surface area contributed by atoms with E-state index in [1.807, 2.05) is 13.8 Å². The third-order valence-electron chi connectivity index (χ3n) is 9.16. The fraction of sp³-hybridized carbons (Fsp3) is 0.611. The van der Waals surface area contributed by atoms with E-state index in [2.05, 4.69) is 92.9 Å². The van der Waals surface area contributed by atoms with E-state index in [9.17, 15) is 9.59 Å². The number of benzene rings is 2. The van der Waals surface area contributed by atoms with E-state index >= 15 is 0 Å². The fourth-order valence-corrected chi connectivity index (χ4v) is 6.52. The van der Waals surface area contributed by atoms with Crippen molar-refractivity contribution in [1.82, 2.24) is 14.7 Å². The van der Waals surface area contributed by atoms with Gasteiger partial charge in [0, 0.05) is 45.2 Å². The van der Waals surface area contributed by atoms with Crippen molar-refractivity contribution in [3.8, 4) is 0 Å². The van der Waals surface area contributed by atoms with Gasteiger partial charge < -0.3 is 15.5 Å². The molecule has 3 unspecified atom stereocenters. The van der Waals surface area contributed by atoms with Crippen molar-refractivity contribution in [2.24, 2.45) is 17.6 Å². The van der Waals surface area contributed by atoms with Crippen LogP contribution in [-0.4, -0.2) is 65.4 Å². The first-order valence-corrected chi connectivity index (χ1v) is 16.4. The molecule has 0 radical (unpaired) electrons. The van der Waals surface area contributed by atoms with Crippen LogP contribution in [0.1, 0.15) is 108 Å². The van der Waals surface area contributed by atoms with Gasteiger partial charge in [-0.25, -0.2) is 4.79 Å². The molecule has 2 fully saturated rings. The Morgan fingerprint density at radius 2 is 1.40 bits per heavy atom. The molecule has 2 aromatic carbocycles. The second kappa shape index (κ2) is 16.1. The number of carbonyl (C=O) groups is 2. The highest BCUT2D eigenvalue weighted by molar-refractivity contribution is 5.77. The Hall–Kier alpha value is -2.86. The highest BCUT2D eigenvalue weighted by Gasteiger charge is 2.36. The van der Waals surface area contributed by atoms with Crippen LogP contribution in [0, 0.1) is 18.8 Å². The van der Waals surface area contributed by atoms with Crippen molar-refractivity contribution < 1.29 is 9.59 Å². The summed E-state index contributed by atoms with van der Waals surface area (Å²) in [5.41, 5.74) is 10.7. The minimum absolute atomic E-state index is 0.164. The predicted molar refractivity (Wildman–Crippen MR) is 175 cm³/mol. The summed E-state index contributed by atoms with van der Waals surface area (Å²) in [7, 11) is 0. The lowest BCUT2D eigenvalue weighted by atomic mass is 9.90. The summed E-state index contributed by atoms with van der Waals surface area (Å²) in [6.07, 6.45) is 4.41. The number of primary amides is 1. The van der Waals surface area contributed by atoms with Gasteiger partial charge in [0.25, 0.3) is 0 Å². The molecule has 3 amide bonds. The van der Waals surface area contributed by atoms with Crippen molar-refractivity contribution in [3.05, 3.63) is 70.8 Å². The van der Waals surface area contributed by atoms with Crippen molar-refractivity contribution in [2.75, 3.05) is 32.7 Å². The number of hydrogen-bond donors (Lipinski definition) is 1. The van der Waals surface area contributed by atoms with E-state index in [4.69, 9.17) is 5.73 Å². The van der Waals surface area contributed by atoms with Gasteiger partial charge in [-0.15, -0.1) is 0 Å². The number of amides is 3. The SMILES string of the molecule is CC.CCC(C)c1ccc(C(c2ccc(C)cc2)N2CCN(C(=O)CC3CCN(C(N)=O)CC3)C(CC(C)C)C2)cc1. The van der Waals surface area contributed by atoms with E-state index in [-0.39, 0.29) is 24.0 Å². The van der Waals surface area contributed by atoms with Gasteiger partial charge in [-0.2, -0.15) is 0 Å². The first-order chi connectivity index (χ1) is 20.2. The monoisotopic (exact) mass is 576 g/mol. The van der Waals surface area contributed by atoms with Crippen LogP contribution >= 0.6 is 0 Å². The van der Waals surface area contributed by atoms with Gasteiger partial charge in [0.15, 0.2) is 0 Å². The number of piperazine rings is 1. The summed E-state index contributed by atoms with van der Waals surface area (Å²) >= 11 is 0. The molecule has 2 N–H and O–H groups in total. The summed E-state index contributed by atoms with van der Waals surface area (Å²) in [6.45, 7) is 19.0. The van der Waals surface area contributed by atoms with E-state index < -0.39 is 0 Å². The molecule has 42 heavy (non-hydrogen) atoms. The Kier molecular flexibility index (Phi) is 12.9. The molecule has 3 atom stereocenters. The molecule has 0 saturated carbocycles. The Morgan fingerprint density at radius 3 is 1.93 bits per heavy atom. The molecular formula is C36H56N4O2. The van der Waals surface area contributed by atoms with Crippen LogP contribution in [-0.2, 0) is 4.79 Å². The Labute approximate surface area is 255 Å². The standard InChI is InChI=1S/C34H50N4O2.C2H6/c1-6-26(5)28-11-13-30(14-12-28)33(29-9-7-25(4)8-10-29)37-19-20-38(31(23-37)21-24(2)3)32(39)22-27-15-17-36(18-16-27)34(35)40;1-2/h7-14,24,26-27,31,33H,6,15-23H2,1-5H3,(H2,35,40);1-2H3. The van der Waals surface area contributed by atoms with Crippen molar-refractivity contribution in [1.29, 1.82) is 0 Å². The summed E-state index contributed by atoms with van der Waals surface area (Å²) in [5, 5.41) is 0. The summed E-state index contributed by atoms with van der Waals surface area (Å²) in [6, 6.07) is 18.2. The predicted octanol–water partition coefficient (Wildman–Crippen LogP) is 7.36. The van der Waals surface area contributed by atoms with Crippen molar-refractivity contribution in [3.63, 3.8) is 0 Å². The molecule has 6 heteroatoms. The zero-order valence-electron chi connectivity index (χ0n) is 27.3. The highest BCUT2D eigenvalue weighted by atomic mass is 16.2. The van der Waals surface area contributed by atoms with E-state index in [0.717, 1.165) is 45.3 Å². The Morgan fingerprint density at radius 1 is 0.857 bits per heavy atom. The third-order valence-corrected chi connectivity index (χ3v) is 9.16. The van der Waals surface area contributed by atoms with Crippen molar-refractivity contribution in [2.45, 2.75) is 98.6 Å². The van der Waals surface area contributed by atoms with Gasteiger partial charge in [0.05, 0.1) is 6.04 Å². The van der Waals surface area contributed by atoms with E-state index in [1.165, 1.54) is 22.3 Å². The summed E-state index contributed by atoms with van der Waals surface area (Å²) in [4.78, 5) is 31.6. The third kappa shape index (κ3) is 8.82. The van der Waals surface area contributed by atoms with E-state index in [1.54, 1.807) is 4.90 Å². The average molecular weight is 577 g/mol. The lowest BCUT2D eigenvalue weighted by molar-refractivity contribution is -0.138. The minimum atomic E-state index is -0.351. The van der Waals surface area contributed by atoms with Gasteiger partial charge in [-0.1, -0.05) is 95.6 Å². The van der Waals surface area contributed by atoms with Crippen LogP contribution < -0.4 is 5.73 Å². The molecule has 0 spiro atoms. The number of carbonyl (C=O) groups excluding carboxylic acids is 2. The van der Waals surface area contributed by atoms with Crippen LogP contribution in [0.5, 0.6) is 0 Å². The molecule has 232 valence electrons. The zero-order chi connectivity index (χ0) is 30.8. The van der Waals surface area contributed by atoms with Crippen molar-refractivity contribution >= 4 is 11.9 Å². The molecule has 2 saturated heterocycles. The van der Waals surface area contributed by atoms with Crippen LogP contribution in [0.25, 0.3) is 0 Å². The van der Waals surface area contributed by atoms with Crippen LogP contribution in [0.2, 0.25) is 0 Å². The lowest BCUT2D eigenvalue weighted by Crippen LogP contribution is -2.56. The molecule has 2 aliphatic heterocycles. The average Bonchev–Trinajstić information content (AvgIpc) is 2.99. The number of piperidine rings is 1.